The molecule has 1 aliphatic carbocycles. The Balaban J connectivity index is 2.51. The van der Waals surface area contributed by atoms with E-state index in [0.717, 1.165) is 19.3 Å². The molecule has 0 spiro atoms. The highest BCUT2D eigenvalue weighted by molar-refractivity contribution is 7.99. The van der Waals surface area contributed by atoms with Crippen LogP contribution in [0.1, 0.15) is 46.0 Å². The minimum Gasteiger partial charge on any atom is -0.481 e. The van der Waals surface area contributed by atoms with E-state index in [1.807, 2.05) is 0 Å². The van der Waals surface area contributed by atoms with Crippen LogP contribution >= 0.6 is 11.8 Å². The van der Waals surface area contributed by atoms with Crippen molar-refractivity contribution in [1.82, 2.24) is 5.32 Å². The zero-order valence-electron chi connectivity index (χ0n) is 11.4. The van der Waals surface area contributed by atoms with E-state index in [1.165, 1.54) is 6.42 Å². The average Bonchev–Trinajstić information content (AvgIpc) is 2.28. The van der Waals surface area contributed by atoms with Gasteiger partial charge in [0.15, 0.2) is 0 Å². The highest BCUT2D eigenvalue weighted by atomic mass is 32.2. The van der Waals surface area contributed by atoms with Gasteiger partial charge in [-0.15, -0.1) is 0 Å². The summed E-state index contributed by atoms with van der Waals surface area (Å²) >= 11 is 1.79. The lowest BCUT2D eigenvalue weighted by Crippen LogP contribution is -2.45. The molecular weight excluding hydrogens is 250 g/mol. The normalized spacial score (nSPS) is 24.6. The second kappa shape index (κ2) is 6.45. The highest BCUT2D eigenvalue weighted by Gasteiger charge is 2.32. The average molecular weight is 273 g/mol. The summed E-state index contributed by atoms with van der Waals surface area (Å²) in [6, 6.07) is 0.200. The molecule has 0 aromatic carbocycles. The van der Waals surface area contributed by atoms with Crippen LogP contribution in [-0.2, 0) is 9.59 Å². The molecule has 1 rings (SSSR count). The van der Waals surface area contributed by atoms with Gasteiger partial charge in [0.25, 0.3) is 0 Å². The third kappa shape index (κ3) is 4.19. The number of rotatable bonds is 5. The molecule has 0 aromatic heterocycles. The van der Waals surface area contributed by atoms with Gasteiger partial charge in [0.2, 0.25) is 5.91 Å². The Morgan fingerprint density at radius 3 is 2.50 bits per heavy atom. The Morgan fingerprint density at radius 1 is 1.33 bits per heavy atom. The van der Waals surface area contributed by atoms with Crippen LogP contribution < -0.4 is 5.32 Å². The zero-order chi connectivity index (χ0) is 13.8. The SMILES string of the molecule is CSC1CCCCC1NC(=O)CC(C)(C)C(=O)O. The van der Waals surface area contributed by atoms with Crippen molar-refractivity contribution in [3.05, 3.63) is 0 Å². The maximum atomic E-state index is 11.9. The molecule has 1 fully saturated rings. The molecular formula is C13H23NO3S. The minimum absolute atomic E-state index is 0.0416. The van der Waals surface area contributed by atoms with Gasteiger partial charge in [-0.2, -0.15) is 11.8 Å². The van der Waals surface area contributed by atoms with Gasteiger partial charge >= 0.3 is 5.97 Å². The Labute approximate surface area is 113 Å². The van der Waals surface area contributed by atoms with Crippen LogP contribution in [0.15, 0.2) is 0 Å². The second-order valence-electron chi connectivity index (χ2n) is 5.60. The van der Waals surface area contributed by atoms with Crippen molar-refractivity contribution in [2.45, 2.75) is 57.2 Å². The van der Waals surface area contributed by atoms with E-state index in [4.69, 9.17) is 5.11 Å². The number of amides is 1. The van der Waals surface area contributed by atoms with Gasteiger partial charge < -0.3 is 10.4 Å². The van der Waals surface area contributed by atoms with Crippen molar-refractivity contribution in [3.63, 3.8) is 0 Å². The molecule has 0 aliphatic heterocycles. The molecule has 18 heavy (non-hydrogen) atoms. The van der Waals surface area contributed by atoms with Crippen LogP contribution in [0.5, 0.6) is 0 Å². The van der Waals surface area contributed by atoms with Gasteiger partial charge in [0.05, 0.1) is 5.41 Å². The third-order valence-corrected chi connectivity index (χ3v) is 4.70. The minimum atomic E-state index is -0.992. The summed E-state index contributed by atoms with van der Waals surface area (Å²) in [7, 11) is 0. The maximum Gasteiger partial charge on any atom is 0.309 e. The Kier molecular flexibility index (Phi) is 5.50. The molecule has 5 heteroatoms. The van der Waals surface area contributed by atoms with E-state index in [2.05, 4.69) is 11.6 Å². The van der Waals surface area contributed by atoms with Crippen molar-refractivity contribution in [2.24, 2.45) is 5.41 Å². The molecule has 1 saturated carbocycles. The first-order chi connectivity index (χ1) is 8.36. The standard InChI is InChI=1S/C13H23NO3S/c1-13(2,12(16)17)8-11(15)14-9-6-4-5-7-10(9)18-3/h9-10H,4-8H2,1-3H3,(H,14,15)(H,16,17). The lowest BCUT2D eigenvalue weighted by atomic mass is 9.88. The lowest BCUT2D eigenvalue weighted by molar-refractivity contribution is -0.149. The summed E-state index contributed by atoms with van der Waals surface area (Å²) in [6.45, 7) is 3.17. The molecule has 4 nitrogen and oxygen atoms in total. The van der Waals surface area contributed by atoms with Crippen LogP contribution in [0.25, 0.3) is 0 Å². The van der Waals surface area contributed by atoms with E-state index in [1.54, 1.807) is 25.6 Å². The van der Waals surface area contributed by atoms with Gasteiger partial charge in [-0.1, -0.05) is 12.8 Å². The molecule has 0 aromatic rings. The number of carboxylic acids is 1. The smallest absolute Gasteiger partial charge is 0.309 e. The van der Waals surface area contributed by atoms with E-state index in [-0.39, 0.29) is 18.4 Å². The molecule has 0 heterocycles. The molecule has 0 bridgehead atoms. The van der Waals surface area contributed by atoms with Crippen molar-refractivity contribution in [3.8, 4) is 0 Å². The molecule has 2 atom stereocenters. The van der Waals surface area contributed by atoms with Crippen LogP contribution in [-0.4, -0.2) is 34.5 Å². The predicted octanol–water partition coefficient (Wildman–Crippen LogP) is 2.28. The zero-order valence-corrected chi connectivity index (χ0v) is 12.2. The van der Waals surface area contributed by atoms with E-state index < -0.39 is 11.4 Å². The molecule has 1 aliphatic rings. The number of nitrogens with one attached hydrogen (secondary N) is 1. The van der Waals surface area contributed by atoms with Crippen LogP contribution in [0, 0.1) is 5.41 Å². The fourth-order valence-electron chi connectivity index (χ4n) is 2.28. The number of carbonyl (C=O) groups is 2. The van der Waals surface area contributed by atoms with Crippen molar-refractivity contribution >= 4 is 23.6 Å². The van der Waals surface area contributed by atoms with Crippen molar-refractivity contribution < 1.29 is 14.7 Å². The van der Waals surface area contributed by atoms with E-state index in [0.29, 0.717) is 5.25 Å². The summed E-state index contributed by atoms with van der Waals surface area (Å²) < 4.78 is 0. The maximum absolute atomic E-state index is 11.9. The summed E-state index contributed by atoms with van der Waals surface area (Å²) in [5.41, 5.74) is -0.992. The fraction of sp³-hybridized carbons (Fsp3) is 0.846. The monoisotopic (exact) mass is 273 g/mol. The quantitative estimate of drug-likeness (QED) is 0.806. The summed E-state index contributed by atoms with van der Waals surface area (Å²) in [5, 5.41) is 12.5. The number of carboxylic acid groups (broad SMARTS) is 1. The van der Waals surface area contributed by atoms with E-state index >= 15 is 0 Å². The van der Waals surface area contributed by atoms with Gasteiger partial charge in [-0.05, 0) is 32.9 Å². The predicted molar refractivity (Wildman–Crippen MR) is 73.7 cm³/mol. The Bertz CT molecular complexity index is 317. The third-order valence-electron chi connectivity index (χ3n) is 3.53. The molecule has 1 amide bonds. The lowest BCUT2D eigenvalue weighted by Gasteiger charge is -2.31. The number of carbonyl (C=O) groups excluding carboxylic acids is 1. The number of thioether (sulfide) groups is 1. The number of aliphatic carboxylic acids is 1. The van der Waals surface area contributed by atoms with Crippen molar-refractivity contribution in [1.29, 1.82) is 0 Å². The molecule has 0 radical (unpaired) electrons. The second-order valence-corrected chi connectivity index (χ2v) is 6.68. The fourth-order valence-corrected chi connectivity index (χ4v) is 3.21. The Hall–Kier alpha value is -0.710. The van der Waals surface area contributed by atoms with Gasteiger partial charge in [0, 0.05) is 17.7 Å². The first-order valence-electron chi connectivity index (χ1n) is 6.42. The topological polar surface area (TPSA) is 66.4 Å². The number of hydrogen-bond acceptors (Lipinski definition) is 3. The van der Waals surface area contributed by atoms with Gasteiger partial charge in [-0.25, -0.2) is 0 Å². The van der Waals surface area contributed by atoms with Crippen LogP contribution in [0.4, 0.5) is 0 Å². The highest BCUT2D eigenvalue weighted by Crippen LogP contribution is 2.28. The largest absolute Gasteiger partial charge is 0.481 e. The van der Waals surface area contributed by atoms with Gasteiger partial charge in [-0.3, -0.25) is 9.59 Å². The molecule has 2 N–H and O–H groups in total. The Morgan fingerprint density at radius 2 is 1.94 bits per heavy atom. The first kappa shape index (κ1) is 15.3. The summed E-state index contributed by atoms with van der Waals surface area (Å²) in [6.07, 6.45) is 6.61. The molecule has 104 valence electrons. The van der Waals surface area contributed by atoms with Crippen LogP contribution in [0.2, 0.25) is 0 Å². The summed E-state index contributed by atoms with van der Waals surface area (Å²) in [4.78, 5) is 22.9. The molecule has 0 saturated heterocycles. The van der Waals surface area contributed by atoms with E-state index in [9.17, 15) is 9.59 Å². The van der Waals surface area contributed by atoms with Crippen molar-refractivity contribution in [2.75, 3.05) is 6.26 Å². The number of hydrogen-bond donors (Lipinski definition) is 2. The molecule has 2 unspecified atom stereocenters. The summed E-state index contributed by atoms with van der Waals surface area (Å²) in [5.74, 6) is -1.07. The van der Waals surface area contributed by atoms with Crippen LogP contribution in [0.3, 0.4) is 0 Å². The first-order valence-corrected chi connectivity index (χ1v) is 7.71. The van der Waals surface area contributed by atoms with Gasteiger partial charge in [0.1, 0.15) is 0 Å².